The molecule has 0 radical (unpaired) electrons. The number of aliphatic carboxylic acids is 1. The standard InChI is InChI=1S/C9H15NO3/c1-6(2)8-5-7(13-10-8)3-4-9(11)12/h6-7H,3-5H2,1-2H3,(H,11,12). The molecule has 0 aromatic heterocycles. The van der Waals surface area contributed by atoms with Gasteiger partial charge < -0.3 is 9.94 Å². The summed E-state index contributed by atoms with van der Waals surface area (Å²) in [6.07, 6.45) is 1.47. The van der Waals surface area contributed by atoms with E-state index in [-0.39, 0.29) is 12.5 Å². The summed E-state index contributed by atoms with van der Waals surface area (Å²) in [7, 11) is 0. The number of hydrogen-bond donors (Lipinski definition) is 1. The lowest BCUT2D eigenvalue weighted by Gasteiger charge is -2.05. The third-order valence-electron chi connectivity index (χ3n) is 2.10. The summed E-state index contributed by atoms with van der Waals surface area (Å²) in [6, 6.07) is 0. The number of carboxylic acid groups (broad SMARTS) is 1. The molecular formula is C9H15NO3. The van der Waals surface area contributed by atoms with E-state index in [1.54, 1.807) is 0 Å². The Labute approximate surface area is 77.6 Å². The van der Waals surface area contributed by atoms with Gasteiger partial charge in [-0.2, -0.15) is 0 Å². The third kappa shape index (κ3) is 3.05. The number of nitrogens with zero attached hydrogens (tertiary/aromatic N) is 1. The van der Waals surface area contributed by atoms with Crippen molar-refractivity contribution in [3.05, 3.63) is 0 Å². The topological polar surface area (TPSA) is 58.9 Å². The lowest BCUT2D eigenvalue weighted by Crippen LogP contribution is -2.12. The monoisotopic (exact) mass is 185 g/mol. The molecule has 1 N–H and O–H groups in total. The number of carboxylic acids is 1. The van der Waals surface area contributed by atoms with Gasteiger partial charge in [-0.1, -0.05) is 19.0 Å². The van der Waals surface area contributed by atoms with Crippen LogP contribution in [-0.2, 0) is 9.63 Å². The highest BCUT2D eigenvalue weighted by Gasteiger charge is 2.23. The average molecular weight is 185 g/mol. The molecule has 13 heavy (non-hydrogen) atoms. The minimum atomic E-state index is -0.776. The highest BCUT2D eigenvalue weighted by atomic mass is 16.6. The summed E-state index contributed by atoms with van der Waals surface area (Å²) in [6.45, 7) is 4.11. The first-order chi connectivity index (χ1) is 6.09. The zero-order chi connectivity index (χ0) is 9.84. The summed E-state index contributed by atoms with van der Waals surface area (Å²) >= 11 is 0. The van der Waals surface area contributed by atoms with Gasteiger partial charge in [-0.25, -0.2) is 0 Å². The maximum absolute atomic E-state index is 10.3. The minimum absolute atomic E-state index is 0.0199. The summed E-state index contributed by atoms with van der Waals surface area (Å²) in [5.41, 5.74) is 1.04. The van der Waals surface area contributed by atoms with Crippen LogP contribution in [0.15, 0.2) is 5.16 Å². The first kappa shape index (κ1) is 10.0. The maximum Gasteiger partial charge on any atom is 0.303 e. The van der Waals surface area contributed by atoms with E-state index in [0.29, 0.717) is 12.3 Å². The van der Waals surface area contributed by atoms with E-state index in [2.05, 4.69) is 19.0 Å². The normalized spacial score (nSPS) is 21.5. The van der Waals surface area contributed by atoms with Gasteiger partial charge in [0.15, 0.2) is 0 Å². The first-order valence-corrected chi connectivity index (χ1v) is 4.54. The Balaban J connectivity index is 2.25. The predicted octanol–water partition coefficient (Wildman–Crippen LogP) is 1.65. The van der Waals surface area contributed by atoms with Gasteiger partial charge in [-0.15, -0.1) is 0 Å². The Morgan fingerprint density at radius 2 is 2.46 bits per heavy atom. The van der Waals surface area contributed by atoms with Crippen molar-refractivity contribution in [3.8, 4) is 0 Å². The molecular weight excluding hydrogens is 170 g/mol. The molecule has 0 spiro atoms. The summed E-state index contributed by atoms with van der Waals surface area (Å²) in [4.78, 5) is 15.4. The molecule has 1 rings (SSSR count). The second kappa shape index (κ2) is 4.25. The van der Waals surface area contributed by atoms with Gasteiger partial charge in [0.1, 0.15) is 6.10 Å². The van der Waals surface area contributed by atoms with Crippen molar-refractivity contribution in [2.75, 3.05) is 0 Å². The van der Waals surface area contributed by atoms with Gasteiger partial charge in [0.2, 0.25) is 0 Å². The van der Waals surface area contributed by atoms with Crippen LogP contribution >= 0.6 is 0 Å². The molecule has 1 aliphatic heterocycles. The Kier molecular flexibility index (Phi) is 3.28. The molecule has 1 unspecified atom stereocenters. The summed E-state index contributed by atoms with van der Waals surface area (Å²) in [5.74, 6) is -0.378. The molecule has 0 aromatic rings. The van der Waals surface area contributed by atoms with E-state index in [0.717, 1.165) is 12.1 Å². The molecule has 1 atom stereocenters. The van der Waals surface area contributed by atoms with E-state index >= 15 is 0 Å². The average Bonchev–Trinajstić information content (AvgIpc) is 2.48. The van der Waals surface area contributed by atoms with Crippen molar-refractivity contribution in [2.45, 2.75) is 39.2 Å². The zero-order valence-corrected chi connectivity index (χ0v) is 7.99. The molecule has 0 aromatic carbocycles. The van der Waals surface area contributed by atoms with E-state index in [1.165, 1.54) is 0 Å². The minimum Gasteiger partial charge on any atom is -0.481 e. The zero-order valence-electron chi connectivity index (χ0n) is 7.99. The first-order valence-electron chi connectivity index (χ1n) is 4.54. The third-order valence-corrected chi connectivity index (χ3v) is 2.10. The fourth-order valence-corrected chi connectivity index (χ4v) is 1.23. The number of rotatable bonds is 4. The molecule has 0 aliphatic carbocycles. The van der Waals surface area contributed by atoms with Crippen LogP contribution in [0.2, 0.25) is 0 Å². The van der Waals surface area contributed by atoms with Crippen molar-refractivity contribution in [1.82, 2.24) is 0 Å². The van der Waals surface area contributed by atoms with Crippen LogP contribution in [0.3, 0.4) is 0 Å². The van der Waals surface area contributed by atoms with Crippen molar-refractivity contribution in [1.29, 1.82) is 0 Å². The van der Waals surface area contributed by atoms with Crippen molar-refractivity contribution < 1.29 is 14.7 Å². The second-order valence-corrected chi connectivity index (χ2v) is 3.60. The molecule has 0 fully saturated rings. The molecule has 0 bridgehead atoms. The van der Waals surface area contributed by atoms with Gasteiger partial charge in [0.05, 0.1) is 5.71 Å². The van der Waals surface area contributed by atoms with Crippen LogP contribution in [0, 0.1) is 5.92 Å². The van der Waals surface area contributed by atoms with Gasteiger partial charge >= 0.3 is 5.97 Å². The van der Waals surface area contributed by atoms with Gasteiger partial charge in [-0.3, -0.25) is 4.79 Å². The summed E-state index contributed by atoms with van der Waals surface area (Å²) in [5, 5.41) is 12.4. The summed E-state index contributed by atoms with van der Waals surface area (Å²) < 4.78 is 0. The molecule has 1 aliphatic rings. The van der Waals surface area contributed by atoms with Crippen LogP contribution in [0.4, 0.5) is 0 Å². The Bertz CT molecular complexity index is 223. The molecule has 0 saturated carbocycles. The fourth-order valence-electron chi connectivity index (χ4n) is 1.23. The van der Waals surface area contributed by atoms with Crippen LogP contribution < -0.4 is 0 Å². The van der Waals surface area contributed by atoms with E-state index in [4.69, 9.17) is 9.94 Å². The van der Waals surface area contributed by atoms with Gasteiger partial charge in [-0.05, 0) is 12.3 Å². The highest BCUT2D eigenvalue weighted by molar-refractivity contribution is 5.87. The molecule has 1 heterocycles. The van der Waals surface area contributed by atoms with Crippen LogP contribution in [-0.4, -0.2) is 22.9 Å². The Morgan fingerprint density at radius 3 is 2.92 bits per heavy atom. The van der Waals surface area contributed by atoms with Crippen molar-refractivity contribution in [2.24, 2.45) is 11.1 Å². The van der Waals surface area contributed by atoms with Crippen molar-refractivity contribution >= 4 is 11.7 Å². The lowest BCUT2D eigenvalue weighted by atomic mass is 10.0. The largest absolute Gasteiger partial charge is 0.481 e. The highest BCUT2D eigenvalue weighted by Crippen LogP contribution is 2.19. The fraction of sp³-hybridized carbons (Fsp3) is 0.778. The van der Waals surface area contributed by atoms with Crippen LogP contribution in [0.25, 0.3) is 0 Å². The molecule has 4 nitrogen and oxygen atoms in total. The Hall–Kier alpha value is -1.06. The Morgan fingerprint density at radius 1 is 1.77 bits per heavy atom. The van der Waals surface area contributed by atoms with Gasteiger partial charge in [0.25, 0.3) is 0 Å². The van der Waals surface area contributed by atoms with E-state index in [9.17, 15) is 4.79 Å². The maximum atomic E-state index is 10.3. The van der Waals surface area contributed by atoms with E-state index < -0.39 is 5.97 Å². The number of carbonyl (C=O) groups is 1. The van der Waals surface area contributed by atoms with E-state index in [1.807, 2.05) is 0 Å². The second-order valence-electron chi connectivity index (χ2n) is 3.60. The molecule has 0 amide bonds. The smallest absolute Gasteiger partial charge is 0.303 e. The molecule has 0 saturated heterocycles. The number of oxime groups is 1. The molecule has 74 valence electrons. The van der Waals surface area contributed by atoms with Gasteiger partial charge in [0, 0.05) is 12.8 Å². The number of hydrogen-bond acceptors (Lipinski definition) is 3. The SMILES string of the molecule is CC(C)C1=NOC(CCC(=O)O)C1. The van der Waals surface area contributed by atoms with Crippen LogP contribution in [0.5, 0.6) is 0 Å². The quantitative estimate of drug-likeness (QED) is 0.724. The lowest BCUT2D eigenvalue weighted by molar-refractivity contribution is -0.137. The molecule has 4 heteroatoms. The van der Waals surface area contributed by atoms with Crippen LogP contribution in [0.1, 0.15) is 33.1 Å². The predicted molar refractivity (Wildman–Crippen MR) is 48.6 cm³/mol. The van der Waals surface area contributed by atoms with Crippen molar-refractivity contribution in [3.63, 3.8) is 0 Å².